The van der Waals surface area contributed by atoms with Gasteiger partial charge in [-0.2, -0.15) is 0 Å². The minimum atomic E-state index is -0.313. The Morgan fingerprint density at radius 3 is 2.60 bits per heavy atom. The third kappa shape index (κ3) is 4.59. The van der Waals surface area contributed by atoms with Crippen LogP contribution in [0.1, 0.15) is 28.4 Å². The summed E-state index contributed by atoms with van der Waals surface area (Å²) in [5, 5.41) is 5.56. The molecule has 1 fully saturated rings. The second-order valence-electron chi connectivity index (χ2n) is 5.70. The topological polar surface area (TPSA) is 108 Å². The second-order valence-corrected chi connectivity index (χ2v) is 5.70. The van der Waals surface area contributed by atoms with Crippen LogP contribution in [0.4, 0.5) is 0 Å². The summed E-state index contributed by atoms with van der Waals surface area (Å²) >= 11 is 0. The molecule has 3 rings (SSSR count). The Labute approximate surface area is 145 Å². The minimum absolute atomic E-state index is 0.0732. The van der Waals surface area contributed by atoms with Gasteiger partial charge >= 0.3 is 0 Å². The van der Waals surface area contributed by atoms with Gasteiger partial charge in [-0.1, -0.05) is 0 Å². The smallest absolute Gasteiger partial charge is 0.252 e. The summed E-state index contributed by atoms with van der Waals surface area (Å²) in [7, 11) is 0. The molecule has 0 aliphatic carbocycles. The molecule has 0 spiro atoms. The zero-order valence-electron chi connectivity index (χ0n) is 13.6. The van der Waals surface area contributed by atoms with Gasteiger partial charge in [0.1, 0.15) is 6.04 Å². The number of carbonyl (C=O) groups is 2. The first kappa shape index (κ1) is 17.0. The number of pyridine rings is 2. The van der Waals surface area contributed by atoms with Crippen molar-refractivity contribution in [1.82, 2.24) is 31.5 Å². The number of amides is 2. The predicted molar refractivity (Wildman–Crippen MR) is 91.2 cm³/mol. The molecule has 2 unspecified atom stereocenters. The molecular formula is C17H20N6O2. The van der Waals surface area contributed by atoms with Crippen LogP contribution in [-0.2, 0) is 4.79 Å². The number of hydrogen-bond donors (Lipinski definition) is 4. The van der Waals surface area contributed by atoms with Crippen molar-refractivity contribution in [2.24, 2.45) is 0 Å². The molecule has 1 aliphatic rings. The van der Waals surface area contributed by atoms with Gasteiger partial charge in [0.2, 0.25) is 5.91 Å². The highest BCUT2D eigenvalue weighted by Crippen LogP contribution is 2.21. The second kappa shape index (κ2) is 8.32. The quantitative estimate of drug-likeness (QED) is 0.548. The fourth-order valence-corrected chi connectivity index (χ4v) is 2.63. The van der Waals surface area contributed by atoms with Crippen LogP contribution in [0.3, 0.4) is 0 Å². The molecule has 2 aromatic heterocycles. The maximum atomic E-state index is 12.2. The van der Waals surface area contributed by atoms with Gasteiger partial charge in [0, 0.05) is 43.9 Å². The lowest BCUT2D eigenvalue weighted by Crippen LogP contribution is -2.45. The number of hydrazine groups is 1. The maximum Gasteiger partial charge on any atom is 0.252 e. The number of rotatable bonds is 6. The van der Waals surface area contributed by atoms with Gasteiger partial charge < -0.3 is 10.6 Å². The zero-order valence-corrected chi connectivity index (χ0v) is 13.6. The van der Waals surface area contributed by atoms with Crippen molar-refractivity contribution in [2.75, 3.05) is 13.1 Å². The van der Waals surface area contributed by atoms with Crippen molar-refractivity contribution < 1.29 is 9.59 Å². The summed E-state index contributed by atoms with van der Waals surface area (Å²) in [6.07, 6.45) is 7.22. The standard InChI is InChI=1S/C17H20N6O2/c24-16(13-2-1-5-19-11-13)20-8-9-21-17(25)15-10-14(22-23-15)12-3-6-18-7-4-12/h1-7,11,14-15,22-23H,8-10H2,(H,20,24)(H,21,25). The van der Waals surface area contributed by atoms with Crippen LogP contribution in [0, 0.1) is 0 Å². The number of carbonyl (C=O) groups excluding carboxylic acids is 2. The van der Waals surface area contributed by atoms with E-state index in [4.69, 9.17) is 0 Å². The van der Waals surface area contributed by atoms with E-state index in [1.807, 2.05) is 12.1 Å². The molecule has 0 radical (unpaired) electrons. The molecule has 130 valence electrons. The third-order valence-electron chi connectivity index (χ3n) is 3.96. The van der Waals surface area contributed by atoms with Crippen LogP contribution in [-0.4, -0.2) is 40.9 Å². The summed E-state index contributed by atoms with van der Waals surface area (Å²) < 4.78 is 0. The maximum absolute atomic E-state index is 12.2. The van der Waals surface area contributed by atoms with Crippen LogP contribution >= 0.6 is 0 Å². The van der Waals surface area contributed by atoms with Crippen molar-refractivity contribution in [3.63, 3.8) is 0 Å². The lowest BCUT2D eigenvalue weighted by molar-refractivity contribution is -0.122. The Hall–Kier alpha value is -2.84. The van der Waals surface area contributed by atoms with E-state index >= 15 is 0 Å². The van der Waals surface area contributed by atoms with E-state index in [0.29, 0.717) is 25.1 Å². The van der Waals surface area contributed by atoms with Gasteiger partial charge in [0.05, 0.1) is 5.56 Å². The molecule has 2 amide bonds. The van der Waals surface area contributed by atoms with Gasteiger partial charge in [-0.05, 0) is 36.2 Å². The van der Waals surface area contributed by atoms with Crippen molar-refractivity contribution in [3.05, 3.63) is 60.2 Å². The van der Waals surface area contributed by atoms with Crippen LogP contribution in [0.25, 0.3) is 0 Å². The molecule has 8 nitrogen and oxygen atoms in total. The Morgan fingerprint density at radius 1 is 1.04 bits per heavy atom. The fraction of sp³-hybridized carbons (Fsp3) is 0.294. The highest BCUT2D eigenvalue weighted by molar-refractivity contribution is 5.93. The van der Waals surface area contributed by atoms with Gasteiger partial charge in [-0.25, -0.2) is 10.9 Å². The lowest BCUT2D eigenvalue weighted by atomic mass is 10.0. The number of aromatic nitrogens is 2. The Kier molecular flexibility index (Phi) is 5.65. The SMILES string of the molecule is O=C(NCCNC(=O)C1CC(c2ccncc2)NN1)c1cccnc1. The molecule has 25 heavy (non-hydrogen) atoms. The summed E-state index contributed by atoms with van der Waals surface area (Å²) in [6, 6.07) is 7.00. The molecular weight excluding hydrogens is 320 g/mol. The Morgan fingerprint density at radius 2 is 1.84 bits per heavy atom. The van der Waals surface area contributed by atoms with Crippen molar-refractivity contribution in [1.29, 1.82) is 0 Å². The first-order valence-electron chi connectivity index (χ1n) is 8.11. The van der Waals surface area contributed by atoms with Crippen molar-refractivity contribution in [3.8, 4) is 0 Å². The minimum Gasteiger partial charge on any atom is -0.353 e. The highest BCUT2D eigenvalue weighted by Gasteiger charge is 2.29. The van der Waals surface area contributed by atoms with E-state index in [1.165, 1.54) is 6.20 Å². The predicted octanol–water partition coefficient (Wildman–Crippen LogP) is -0.0696. The van der Waals surface area contributed by atoms with Gasteiger partial charge in [-0.15, -0.1) is 0 Å². The monoisotopic (exact) mass is 340 g/mol. The van der Waals surface area contributed by atoms with Gasteiger partial charge in [0.25, 0.3) is 5.91 Å². The Bertz CT molecular complexity index is 710. The van der Waals surface area contributed by atoms with Crippen LogP contribution in [0.5, 0.6) is 0 Å². The third-order valence-corrected chi connectivity index (χ3v) is 3.96. The molecule has 0 aromatic carbocycles. The van der Waals surface area contributed by atoms with Crippen molar-refractivity contribution >= 4 is 11.8 Å². The highest BCUT2D eigenvalue weighted by atomic mass is 16.2. The van der Waals surface area contributed by atoms with E-state index in [2.05, 4.69) is 31.5 Å². The number of nitrogens with zero attached hydrogens (tertiary/aromatic N) is 2. The molecule has 1 aliphatic heterocycles. The molecule has 1 saturated heterocycles. The van der Waals surface area contributed by atoms with Crippen molar-refractivity contribution in [2.45, 2.75) is 18.5 Å². The summed E-state index contributed by atoms with van der Waals surface area (Å²) in [5.41, 5.74) is 7.70. The summed E-state index contributed by atoms with van der Waals surface area (Å²) in [5.74, 6) is -0.305. The average molecular weight is 340 g/mol. The number of nitrogens with one attached hydrogen (secondary N) is 4. The molecule has 0 bridgehead atoms. The summed E-state index contributed by atoms with van der Waals surface area (Å²) in [4.78, 5) is 31.9. The van der Waals surface area contributed by atoms with E-state index < -0.39 is 0 Å². The first-order valence-corrected chi connectivity index (χ1v) is 8.11. The molecule has 4 N–H and O–H groups in total. The average Bonchev–Trinajstić information content (AvgIpc) is 3.16. The number of hydrogen-bond acceptors (Lipinski definition) is 6. The van der Waals surface area contributed by atoms with E-state index in [0.717, 1.165) is 5.56 Å². The molecule has 2 aromatic rings. The normalized spacial score (nSPS) is 19.4. The van der Waals surface area contributed by atoms with Gasteiger partial charge in [-0.3, -0.25) is 19.6 Å². The fourth-order valence-electron chi connectivity index (χ4n) is 2.63. The van der Waals surface area contributed by atoms with E-state index in [-0.39, 0.29) is 23.9 Å². The summed E-state index contributed by atoms with van der Waals surface area (Å²) in [6.45, 7) is 0.719. The Balaban J connectivity index is 1.38. The van der Waals surface area contributed by atoms with Crippen LogP contribution in [0.2, 0.25) is 0 Å². The molecule has 8 heteroatoms. The molecule has 3 heterocycles. The first-order chi connectivity index (χ1) is 12.2. The van der Waals surface area contributed by atoms with Gasteiger partial charge in [0.15, 0.2) is 0 Å². The molecule has 0 saturated carbocycles. The molecule has 2 atom stereocenters. The van der Waals surface area contributed by atoms with E-state index in [9.17, 15) is 9.59 Å². The zero-order chi connectivity index (χ0) is 17.5. The van der Waals surface area contributed by atoms with Crippen LogP contribution < -0.4 is 21.5 Å². The lowest BCUT2D eigenvalue weighted by Gasteiger charge is -2.11. The van der Waals surface area contributed by atoms with Crippen LogP contribution in [0.15, 0.2) is 49.1 Å². The largest absolute Gasteiger partial charge is 0.353 e. The van der Waals surface area contributed by atoms with E-state index in [1.54, 1.807) is 30.7 Å².